The molecule has 2 rings (SSSR count). The third-order valence-corrected chi connectivity index (χ3v) is 2.76. The highest BCUT2D eigenvalue weighted by molar-refractivity contribution is 5.96. The van der Waals surface area contributed by atoms with E-state index in [1.165, 1.54) is 31.3 Å². The van der Waals surface area contributed by atoms with Crippen LogP contribution in [0.1, 0.15) is 10.4 Å². The molecular weight excluding hydrogens is 264 g/mol. The lowest BCUT2D eigenvalue weighted by molar-refractivity contribution is 0.0963. The summed E-state index contributed by atoms with van der Waals surface area (Å²) in [6.45, 7) is 0. The number of nitrogens with two attached hydrogens (primary N) is 1. The third-order valence-electron chi connectivity index (χ3n) is 2.76. The lowest BCUT2D eigenvalue weighted by atomic mass is 10.1. The van der Waals surface area contributed by atoms with Crippen LogP contribution in [0.25, 0.3) is 0 Å². The normalized spacial score (nSPS) is 10.2. The van der Waals surface area contributed by atoms with Crippen LogP contribution in [-0.2, 0) is 0 Å². The predicted molar refractivity (Wildman–Crippen MR) is 73.9 cm³/mol. The molecule has 1 amide bonds. The van der Waals surface area contributed by atoms with Crippen LogP contribution in [0.2, 0.25) is 0 Å². The first-order chi connectivity index (χ1) is 9.52. The Bertz CT molecular complexity index is 659. The first kappa shape index (κ1) is 13.8. The third kappa shape index (κ3) is 2.69. The molecule has 2 aromatic rings. The van der Waals surface area contributed by atoms with E-state index in [9.17, 15) is 13.6 Å². The number of hydrogen-bond donors (Lipinski definition) is 3. The van der Waals surface area contributed by atoms with Gasteiger partial charge in [-0.2, -0.15) is 0 Å². The van der Waals surface area contributed by atoms with E-state index in [-0.39, 0.29) is 11.6 Å². The highest BCUT2D eigenvalue weighted by Crippen LogP contribution is 2.26. The number of carbonyl (C=O) groups excluding carboxylic acids is 1. The molecule has 4 nitrogen and oxygen atoms in total. The second-order valence-electron chi connectivity index (χ2n) is 4.11. The van der Waals surface area contributed by atoms with Gasteiger partial charge in [-0.05, 0) is 30.3 Å². The van der Waals surface area contributed by atoms with Crippen molar-refractivity contribution in [2.45, 2.75) is 0 Å². The van der Waals surface area contributed by atoms with Crippen LogP contribution in [0.4, 0.5) is 25.8 Å². The minimum Gasteiger partial charge on any atom is -0.397 e. The number of rotatable bonds is 3. The molecule has 6 heteroatoms. The Labute approximate surface area is 114 Å². The van der Waals surface area contributed by atoms with Gasteiger partial charge in [-0.15, -0.1) is 0 Å². The highest BCUT2D eigenvalue weighted by atomic mass is 19.2. The maximum absolute atomic E-state index is 13.6. The molecule has 104 valence electrons. The largest absolute Gasteiger partial charge is 0.397 e. The van der Waals surface area contributed by atoms with Crippen molar-refractivity contribution in [3.63, 3.8) is 0 Å². The first-order valence-electron chi connectivity index (χ1n) is 5.85. The van der Waals surface area contributed by atoms with E-state index in [1.807, 2.05) is 0 Å². The van der Waals surface area contributed by atoms with Gasteiger partial charge in [0.25, 0.3) is 5.91 Å². The number of halogens is 2. The van der Waals surface area contributed by atoms with Crippen molar-refractivity contribution in [2.75, 3.05) is 18.1 Å². The van der Waals surface area contributed by atoms with E-state index < -0.39 is 11.6 Å². The average molecular weight is 277 g/mol. The molecule has 0 bridgehead atoms. The second kappa shape index (κ2) is 5.56. The summed E-state index contributed by atoms with van der Waals surface area (Å²) < 4.78 is 26.7. The molecule has 0 saturated carbocycles. The van der Waals surface area contributed by atoms with Crippen molar-refractivity contribution in [1.29, 1.82) is 0 Å². The Kier molecular flexibility index (Phi) is 3.84. The minimum absolute atomic E-state index is 0.0502. The first-order valence-corrected chi connectivity index (χ1v) is 5.85. The minimum atomic E-state index is -1.00. The topological polar surface area (TPSA) is 67.2 Å². The molecule has 0 unspecified atom stereocenters. The van der Waals surface area contributed by atoms with Crippen molar-refractivity contribution < 1.29 is 13.6 Å². The molecule has 0 radical (unpaired) electrons. The zero-order valence-electron chi connectivity index (χ0n) is 10.7. The number of benzene rings is 2. The monoisotopic (exact) mass is 277 g/mol. The molecule has 0 aromatic heterocycles. The van der Waals surface area contributed by atoms with Gasteiger partial charge in [-0.25, -0.2) is 8.78 Å². The molecule has 0 aliphatic heterocycles. The van der Waals surface area contributed by atoms with Gasteiger partial charge >= 0.3 is 0 Å². The van der Waals surface area contributed by atoms with E-state index in [2.05, 4.69) is 10.6 Å². The lowest BCUT2D eigenvalue weighted by Crippen LogP contribution is -2.18. The molecule has 0 saturated heterocycles. The number of nitrogen functional groups attached to an aromatic ring is 1. The zero-order valence-corrected chi connectivity index (χ0v) is 10.7. The van der Waals surface area contributed by atoms with E-state index in [4.69, 9.17) is 5.73 Å². The van der Waals surface area contributed by atoms with E-state index in [0.29, 0.717) is 16.9 Å². The summed E-state index contributed by atoms with van der Waals surface area (Å²) >= 11 is 0. The average Bonchev–Trinajstić information content (AvgIpc) is 2.45. The molecular formula is C14H13F2N3O. The fourth-order valence-electron chi connectivity index (χ4n) is 1.70. The number of hydrogen-bond acceptors (Lipinski definition) is 3. The summed E-state index contributed by atoms with van der Waals surface area (Å²) in [5.41, 5.74) is 6.72. The Morgan fingerprint density at radius 2 is 1.90 bits per heavy atom. The summed E-state index contributed by atoms with van der Waals surface area (Å²) in [5.74, 6) is -2.26. The van der Waals surface area contributed by atoms with Crippen molar-refractivity contribution in [3.8, 4) is 0 Å². The Hall–Kier alpha value is -2.63. The molecule has 0 aliphatic carbocycles. The number of nitrogens with one attached hydrogen (secondary N) is 2. The van der Waals surface area contributed by atoms with E-state index in [0.717, 1.165) is 6.07 Å². The predicted octanol–water partition coefficient (Wildman–Crippen LogP) is 2.65. The summed E-state index contributed by atoms with van der Waals surface area (Å²) in [4.78, 5) is 11.5. The van der Waals surface area contributed by atoms with Gasteiger partial charge in [0.2, 0.25) is 0 Å². The van der Waals surface area contributed by atoms with Crippen LogP contribution in [-0.4, -0.2) is 13.0 Å². The zero-order chi connectivity index (χ0) is 14.7. The smallest absolute Gasteiger partial charge is 0.251 e. The Balaban J connectivity index is 2.38. The van der Waals surface area contributed by atoms with Gasteiger partial charge in [-0.3, -0.25) is 4.79 Å². The van der Waals surface area contributed by atoms with Crippen LogP contribution in [0, 0.1) is 11.6 Å². The molecule has 0 aliphatic rings. The van der Waals surface area contributed by atoms with Gasteiger partial charge < -0.3 is 16.4 Å². The van der Waals surface area contributed by atoms with Crippen molar-refractivity contribution in [2.24, 2.45) is 0 Å². The van der Waals surface area contributed by atoms with Crippen LogP contribution in [0.15, 0.2) is 36.4 Å². The quantitative estimate of drug-likeness (QED) is 0.755. The van der Waals surface area contributed by atoms with Crippen LogP contribution >= 0.6 is 0 Å². The van der Waals surface area contributed by atoms with Crippen molar-refractivity contribution in [3.05, 3.63) is 53.6 Å². The van der Waals surface area contributed by atoms with Gasteiger partial charge in [0, 0.05) is 12.6 Å². The fraction of sp³-hybridized carbons (Fsp3) is 0.0714. The molecule has 0 spiro atoms. The molecule has 20 heavy (non-hydrogen) atoms. The Morgan fingerprint density at radius 1 is 1.15 bits per heavy atom. The van der Waals surface area contributed by atoms with Gasteiger partial charge in [0.1, 0.15) is 0 Å². The molecule has 0 heterocycles. The maximum Gasteiger partial charge on any atom is 0.251 e. The standard InChI is InChI=1S/C14H13F2N3O/c1-18-14(20)8-5-6-10(17)12(7-8)19-11-4-2-3-9(15)13(11)16/h2-7,19H,17H2,1H3,(H,18,20). The number of carbonyl (C=O) groups is 1. The highest BCUT2D eigenvalue weighted by Gasteiger charge is 2.11. The molecule has 2 aromatic carbocycles. The summed E-state index contributed by atoms with van der Waals surface area (Å²) in [6, 6.07) is 8.30. The number of amides is 1. The lowest BCUT2D eigenvalue weighted by Gasteiger charge is -2.12. The summed E-state index contributed by atoms with van der Waals surface area (Å²) in [7, 11) is 1.50. The fourth-order valence-corrected chi connectivity index (χ4v) is 1.70. The molecule has 0 fully saturated rings. The second-order valence-corrected chi connectivity index (χ2v) is 4.11. The SMILES string of the molecule is CNC(=O)c1ccc(N)c(Nc2cccc(F)c2F)c1. The summed E-state index contributed by atoms with van der Waals surface area (Å²) in [5, 5.41) is 5.15. The van der Waals surface area contributed by atoms with Crippen LogP contribution < -0.4 is 16.4 Å². The van der Waals surface area contributed by atoms with Gasteiger partial charge in [0.15, 0.2) is 11.6 Å². The Morgan fingerprint density at radius 3 is 2.60 bits per heavy atom. The molecule has 0 atom stereocenters. The van der Waals surface area contributed by atoms with Crippen LogP contribution in [0.3, 0.4) is 0 Å². The number of anilines is 3. The summed E-state index contributed by atoms with van der Waals surface area (Å²) in [6.07, 6.45) is 0. The van der Waals surface area contributed by atoms with Crippen LogP contribution in [0.5, 0.6) is 0 Å². The van der Waals surface area contributed by atoms with E-state index >= 15 is 0 Å². The maximum atomic E-state index is 13.6. The van der Waals surface area contributed by atoms with Gasteiger partial charge in [-0.1, -0.05) is 6.07 Å². The van der Waals surface area contributed by atoms with E-state index in [1.54, 1.807) is 6.07 Å². The van der Waals surface area contributed by atoms with Crippen molar-refractivity contribution in [1.82, 2.24) is 5.32 Å². The molecule has 4 N–H and O–H groups in total. The van der Waals surface area contributed by atoms with Gasteiger partial charge in [0.05, 0.1) is 17.1 Å². The van der Waals surface area contributed by atoms with Crippen molar-refractivity contribution >= 4 is 23.0 Å².